The molecule has 1 aliphatic rings. The molecular formula is C9H10BrNS. The van der Waals surface area contributed by atoms with Gasteiger partial charge < -0.3 is 0 Å². The van der Waals surface area contributed by atoms with Crippen molar-refractivity contribution in [3.63, 3.8) is 0 Å². The first kappa shape index (κ1) is 8.45. The number of hydrogen-bond acceptors (Lipinski definition) is 2. The minimum Gasteiger partial charge on any atom is -0.288 e. The van der Waals surface area contributed by atoms with Crippen LogP contribution >= 0.6 is 27.3 Å². The van der Waals surface area contributed by atoms with Crippen molar-refractivity contribution in [2.75, 3.05) is 6.54 Å². The molecule has 1 nitrogen and oxygen atoms in total. The number of hydrogen-bond donors (Lipinski definition) is 0. The van der Waals surface area contributed by atoms with E-state index in [9.17, 15) is 0 Å². The topological polar surface area (TPSA) is 12.4 Å². The summed E-state index contributed by atoms with van der Waals surface area (Å²) in [6.07, 6.45) is 3.72. The molecule has 0 saturated heterocycles. The van der Waals surface area contributed by atoms with Crippen molar-refractivity contribution in [2.24, 2.45) is 4.99 Å². The molecular weight excluding hydrogens is 234 g/mol. The van der Waals surface area contributed by atoms with Gasteiger partial charge in [0.15, 0.2) is 0 Å². The number of aliphatic imine (C=N–C) groups is 1. The van der Waals surface area contributed by atoms with Crippen LogP contribution in [0.4, 0.5) is 0 Å². The van der Waals surface area contributed by atoms with Gasteiger partial charge in [0.1, 0.15) is 0 Å². The van der Waals surface area contributed by atoms with Gasteiger partial charge in [0.05, 0.1) is 5.71 Å². The minimum absolute atomic E-state index is 1.02. The fraction of sp³-hybridized carbons (Fsp3) is 0.444. The Kier molecular flexibility index (Phi) is 2.61. The Bertz CT molecular complexity index is 303. The van der Waals surface area contributed by atoms with Crippen molar-refractivity contribution < 1.29 is 0 Å². The van der Waals surface area contributed by atoms with Gasteiger partial charge >= 0.3 is 0 Å². The van der Waals surface area contributed by atoms with Crippen LogP contribution < -0.4 is 0 Å². The molecule has 0 amide bonds. The van der Waals surface area contributed by atoms with E-state index in [-0.39, 0.29) is 0 Å². The van der Waals surface area contributed by atoms with Crippen molar-refractivity contribution >= 4 is 33.0 Å². The lowest BCUT2D eigenvalue weighted by molar-refractivity contribution is 0.739. The lowest BCUT2D eigenvalue weighted by Crippen LogP contribution is -2.05. The fourth-order valence-electron chi connectivity index (χ4n) is 1.36. The Morgan fingerprint density at radius 1 is 1.42 bits per heavy atom. The summed E-state index contributed by atoms with van der Waals surface area (Å²) < 4.78 is 1.18. The van der Waals surface area contributed by atoms with E-state index < -0.39 is 0 Å². The molecule has 12 heavy (non-hydrogen) atoms. The summed E-state index contributed by atoms with van der Waals surface area (Å²) in [7, 11) is 0. The van der Waals surface area contributed by atoms with Gasteiger partial charge in [-0.3, -0.25) is 4.99 Å². The first-order valence-electron chi connectivity index (χ1n) is 4.14. The first-order chi connectivity index (χ1) is 5.86. The molecule has 1 aromatic heterocycles. The van der Waals surface area contributed by atoms with Crippen molar-refractivity contribution in [1.82, 2.24) is 0 Å². The van der Waals surface area contributed by atoms with Crippen molar-refractivity contribution in [1.29, 1.82) is 0 Å². The van der Waals surface area contributed by atoms with Crippen LogP contribution in [0.3, 0.4) is 0 Å². The molecule has 3 heteroatoms. The summed E-state index contributed by atoms with van der Waals surface area (Å²) in [5.74, 6) is 0. The molecule has 0 aliphatic carbocycles. The Balaban J connectivity index is 2.23. The van der Waals surface area contributed by atoms with Gasteiger partial charge in [-0.2, -0.15) is 0 Å². The third-order valence-electron chi connectivity index (χ3n) is 1.98. The molecule has 2 rings (SSSR count). The van der Waals surface area contributed by atoms with E-state index >= 15 is 0 Å². The highest BCUT2D eigenvalue weighted by molar-refractivity contribution is 9.10. The monoisotopic (exact) mass is 243 g/mol. The maximum Gasteiger partial charge on any atom is 0.0520 e. The quantitative estimate of drug-likeness (QED) is 0.717. The van der Waals surface area contributed by atoms with Crippen molar-refractivity contribution in [3.05, 3.63) is 20.8 Å². The van der Waals surface area contributed by atoms with E-state index in [4.69, 9.17) is 0 Å². The average molecular weight is 244 g/mol. The van der Waals surface area contributed by atoms with Gasteiger partial charge in [-0.25, -0.2) is 0 Å². The smallest absolute Gasteiger partial charge is 0.0520 e. The summed E-state index contributed by atoms with van der Waals surface area (Å²) in [6.45, 7) is 1.02. The van der Waals surface area contributed by atoms with Crippen molar-refractivity contribution in [3.8, 4) is 0 Å². The third kappa shape index (κ3) is 1.77. The van der Waals surface area contributed by atoms with E-state index in [1.807, 2.05) is 0 Å². The van der Waals surface area contributed by atoms with Gasteiger partial charge in [0.2, 0.25) is 0 Å². The molecule has 0 spiro atoms. The van der Waals surface area contributed by atoms with Gasteiger partial charge in [0, 0.05) is 21.3 Å². The largest absolute Gasteiger partial charge is 0.288 e. The van der Waals surface area contributed by atoms with Gasteiger partial charge in [-0.05, 0) is 41.3 Å². The standard InChI is InChI=1S/C9H10BrNS/c10-7-5-9(12-6-7)8-3-1-2-4-11-8/h5-6H,1-4H2. The Morgan fingerprint density at radius 2 is 2.33 bits per heavy atom. The fourth-order valence-corrected chi connectivity index (χ4v) is 2.83. The molecule has 0 bridgehead atoms. The maximum atomic E-state index is 4.52. The minimum atomic E-state index is 1.02. The molecule has 1 aliphatic heterocycles. The summed E-state index contributed by atoms with van der Waals surface area (Å²) in [5, 5.41) is 2.12. The van der Waals surface area contributed by atoms with Crippen LogP contribution in [0.1, 0.15) is 24.1 Å². The number of nitrogens with zero attached hydrogens (tertiary/aromatic N) is 1. The Labute approximate surface area is 84.7 Å². The molecule has 64 valence electrons. The zero-order valence-corrected chi connectivity index (χ0v) is 9.12. The second-order valence-corrected chi connectivity index (χ2v) is 4.74. The second-order valence-electron chi connectivity index (χ2n) is 2.91. The van der Waals surface area contributed by atoms with Crippen LogP contribution in [0, 0.1) is 0 Å². The Morgan fingerprint density at radius 3 is 2.92 bits per heavy atom. The summed E-state index contributed by atoms with van der Waals surface area (Å²) >= 11 is 5.23. The molecule has 0 N–H and O–H groups in total. The Hall–Kier alpha value is -0.150. The van der Waals surface area contributed by atoms with Crippen LogP contribution in [0.25, 0.3) is 0 Å². The van der Waals surface area contributed by atoms with Crippen LogP contribution in [0.15, 0.2) is 20.9 Å². The highest BCUT2D eigenvalue weighted by Gasteiger charge is 2.09. The first-order valence-corrected chi connectivity index (χ1v) is 5.81. The van der Waals surface area contributed by atoms with E-state index in [1.54, 1.807) is 11.3 Å². The van der Waals surface area contributed by atoms with E-state index in [0.29, 0.717) is 0 Å². The average Bonchev–Trinajstić information content (AvgIpc) is 2.54. The highest BCUT2D eigenvalue weighted by Crippen LogP contribution is 2.23. The van der Waals surface area contributed by atoms with E-state index in [1.165, 1.54) is 27.9 Å². The lowest BCUT2D eigenvalue weighted by Gasteiger charge is -2.09. The van der Waals surface area contributed by atoms with E-state index in [0.717, 1.165) is 13.0 Å². The molecule has 0 unspecified atom stereocenters. The molecule has 0 atom stereocenters. The molecule has 0 fully saturated rings. The molecule has 0 aromatic carbocycles. The number of halogens is 1. The highest BCUT2D eigenvalue weighted by atomic mass is 79.9. The van der Waals surface area contributed by atoms with E-state index in [2.05, 4.69) is 32.4 Å². The van der Waals surface area contributed by atoms with Crippen LogP contribution in [-0.2, 0) is 0 Å². The molecule has 2 heterocycles. The van der Waals surface area contributed by atoms with Gasteiger partial charge in [-0.1, -0.05) is 0 Å². The SMILES string of the molecule is Brc1csc(C2=NCCCC2)c1. The zero-order chi connectivity index (χ0) is 8.39. The summed E-state index contributed by atoms with van der Waals surface area (Å²) in [4.78, 5) is 5.85. The summed E-state index contributed by atoms with van der Waals surface area (Å²) in [5.41, 5.74) is 1.30. The van der Waals surface area contributed by atoms with Crippen LogP contribution in [-0.4, -0.2) is 12.3 Å². The third-order valence-corrected chi connectivity index (χ3v) is 3.72. The molecule has 0 radical (unpaired) electrons. The number of rotatable bonds is 1. The van der Waals surface area contributed by atoms with Crippen LogP contribution in [0.5, 0.6) is 0 Å². The maximum absolute atomic E-state index is 4.52. The van der Waals surface area contributed by atoms with Crippen LogP contribution in [0.2, 0.25) is 0 Å². The number of thiophene rings is 1. The normalized spacial score (nSPS) is 17.6. The molecule has 1 aromatic rings. The summed E-state index contributed by atoms with van der Waals surface area (Å²) in [6, 6.07) is 2.16. The van der Waals surface area contributed by atoms with Crippen molar-refractivity contribution in [2.45, 2.75) is 19.3 Å². The predicted octanol–water partition coefficient (Wildman–Crippen LogP) is 3.48. The second kappa shape index (κ2) is 3.71. The van der Waals surface area contributed by atoms with Gasteiger partial charge in [-0.15, -0.1) is 11.3 Å². The zero-order valence-electron chi connectivity index (χ0n) is 6.72. The predicted molar refractivity (Wildman–Crippen MR) is 57.3 cm³/mol. The van der Waals surface area contributed by atoms with Gasteiger partial charge in [0.25, 0.3) is 0 Å². The lowest BCUT2D eigenvalue weighted by atomic mass is 10.1. The molecule has 0 saturated carbocycles.